The summed E-state index contributed by atoms with van der Waals surface area (Å²) in [5.74, 6) is 0. The Morgan fingerprint density at radius 3 is 2.23 bits per heavy atom. The summed E-state index contributed by atoms with van der Waals surface area (Å²) in [4.78, 5) is 9.40. The Morgan fingerprint density at radius 1 is 0.839 bits per heavy atom. The van der Waals surface area contributed by atoms with E-state index in [0.29, 0.717) is 0 Å². The van der Waals surface area contributed by atoms with E-state index in [1.165, 1.54) is 5.56 Å². The van der Waals surface area contributed by atoms with E-state index in [-0.39, 0.29) is 5.25 Å². The Labute approximate surface area is 194 Å². The first-order valence-electron chi connectivity index (χ1n) is 10.1. The summed E-state index contributed by atoms with van der Waals surface area (Å²) in [6.07, 6.45) is 3.85. The van der Waals surface area contributed by atoms with Gasteiger partial charge in [0.1, 0.15) is 17.0 Å². The largest absolute Gasteiger partial charge is 0.301 e. The second-order valence-electron chi connectivity index (χ2n) is 7.30. The highest BCUT2D eigenvalue weighted by Gasteiger charge is 2.19. The van der Waals surface area contributed by atoms with Crippen LogP contribution in [0.3, 0.4) is 0 Å². The summed E-state index contributed by atoms with van der Waals surface area (Å²) in [6, 6.07) is 29.3. The van der Waals surface area contributed by atoms with Crippen LogP contribution in [0.4, 0.5) is 0 Å². The van der Waals surface area contributed by atoms with Crippen LogP contribution in [0, 0.1) is 0 Å². The molecule has 0 spiro atoms. The normalized spacial score (nSPS) is 12.2. The molecule has 0 aliphatic heterocycles. The van der Waals surface area contributed by atoms with Crippen LogP contribution in [-0.4, -0.2) is 14.5 Å². The lowest BCUT2D eigenvalue weighted by atomic mass is 10.1. The molecule has 5 heteroatoms. The van der Waals surface area contributed by atoms with E-state index in [9.17, 15) is 0 Å². The molecule has 3 aromatic carbocycles. The highest BCUT2D eigenvalue weighted by molar-refractivity contribution is 9.10. The monoisotopic (exact) mass is 485 g/mol. The number of hydrogen-bond donors (Lipinski definition) is 0. The van der Waals surface area contributed by atoms with E-state index in [0.717, 1.165) is 37.3 Å². The number of aromatic nitrogens is 3. The van der Waals surface area contributed by atoms with Crippen molar-refractivity contribution in [2.24, 2.45) is 0 Å². The maximum absolute atomic E-state index is 4.71. The Hall–Kier alpha value is -2.89. The van der Waals surface area contributed by atoms with E-state index in [1.807, 2.05) is 6.07 Å². The molecule has 0 aliphatic carbocycles. The van der Waals surface area contributed by atoms with Crippen LogP contribution in [-0.2, 0) is 0 Å². The van der Waals surface area contributed by atoms with Gasteiger partial charge in [0.05, 0.1) is 5.39 Å². The fourth-order valence-electron chi connectivity index (χ4n) is 3.72. The van der Waals surface area contributed by atoms with E-state index in [2.05, 4.69) is 112 Å². The standard InChI is InChI=1S/C26H20BrN3S/c1-18(19-8-4-2-5-9-19)31-26-24-23(20-10-6-3-7-11-20)16-30(25(24)28-17-29-26)22-14-12-21(27)13-15-22/h2-18H,1H3/t18-/m1/s1. The number of thioether (sulfide) groups is 1. The first-order chi connectivity index (χ1) is 15.2. The third kappa shape index (κ3) is 4.03. The van der Waals surface area contributed by atoms with Crippen molar-refractivity contribution >= 4 is 38.7 Å². The van der Waals surface area contributed by atoms with Gasteiger partial charge in [-0.1, -0.05) is 88.4 Å². The van der Waals surface area contributed by atoms with Crippen molar-refractivity contribution in [2.75, 3.05) is 0 Å². The average Bonchev–Trinajstić information content (AvgIpc) is 3.21. The third-order valence-corrected chi connectivity index (χ3v) is 6.98. The fourth-order valence-corrected chi connectivity index (χ4v) is 5.04. The van der Waals surface area contributed by atoms with Crippen LogP contribution in [0.25, 0.3) is 27.8 Å². The molecule has 3 nitrogen and oxygen atoms in total. The molecule has 0 amide bonds. The lowest BCUT2D eigenvalue weighted by Crippen LogP contribution is -1.95. The van der Waals surface area contributed by atoms with Crippen LogP contribution >= 0.6 is 27.7 Å². The second kappa shape index (κ2) is 8.69. The van der Waals surface area contributed by atoms with E-state index in [4.69, 9.17) is 9.97 Å². The quantitative estimate of drug-likeness (QED) is 0.188. The van der Waals surface area contributed by atoms with Gasteiger partial charge >= 0.3 is 0 Å². The van der Waals surface area contributed by atoms with Gasteiger partial charge in [0, 0.05) is 27.2 Å². The van der Waals surface area contributed by atoms with Crippen LogP contribution in [0.1, 0.15) is 17.7 Å². The molecule has 0 unspecified atom stereocenters. The van der Waals surface area contributed by atoms with Crippen molar-refractivity contribution in [3.05, 3.63) is 107 Å². The number of hydrogen-bond acceptors (Lipinski definition) is 3. The van der Waals surface area contributed by atoms with Crippen LogP contribution in [0.2, 0.25) is 0 Å². The number of halogens is 1. The summed E-state index contributed by atoms with van der Waals surface area (Å²) < 4.78 is 3.21. The molecule has 1 atom stereocenters. The Balaban J connectivity index is 1.69. The first kappa shape index (κ1) is 20.0. The minimum absolute atomic E-state index is 0.277. The molecule has 0 saturated heterocycles. The number of benzene rings is 3. The zero-order valence-electron chi connectivity index (χ0n) is 16.9. The number of rotatable bonds is 5. The van der Waals surface area contributed by atoms with E-state index in [1.54, 1.807) is 18.1 Å². The molecule has 0 bridgehead atoms. The van der Waals surface area contributed by atoms with Crippen LogP contribution in [0.5, 0.6) is 0 Å². The minimum Gasteiger partial charge on any atom is -0.301 e. The lowest BCUT2D eigenvalue weighted by Gasteiger charge is -2.12. The van der Waals surface area contributed by atoms with Gasteiger partial charge in [-0.15, -0.1) is 0 Å². The lowest BCUT2D eigenvalue weighted by molar-refractivity contribution is 1.03. The van der Waals surface area contributed by atoms with Gasteiger partial charge in [0.2, 0.25) is 0 Å². The Bertz CT molecular complexity index is 1320. The van der Waals surface area contributed by atoms with E-state index >= 15 is 0 Å². The van der Waals surface area contributed by atoms with Gasteiger partial charge < -0.3 is 4.57 Å². The van der Waals surface area contributed by atoms with Crippen molar-refractivity contribution in [1.82, 2.24) is 14.5 Å². The van der Waals surface area contributed by atoms with Gasteiger partial charge in [0.25, 0.3) is 0 Å². The zero-order valence-corrected chi connectivity index (χ0v) is 19.3. The highest BCUT2D eigenvalue weighted by Crippen LogP contribution is 2.41. The number of nitrogens with zero attached hydrogens (tertiary/aromatic N) is 3. The van der Waals surface area contributed by atoms with Crippen molar-refractivity contribution in [2.45, 2.75) is 17.2 Å². The smallest absolute Gasteiger partial charge is 0.149 e. The Kier molecular flexibility index (Phi) is 5.62. The molecule has 5 aromatic rings. The Morgan fingerprint density at radius 2 is 1.52 bits per heavy atom. The van der Waals surface area contributed by atoms with E-state index < -0.39 is 0 Å². The van der Waals surface area contributed by atoms with Crippen molar-refractivity contribution in [1.29, 1.82) is 0 Å². The average molecular weight is 486 g/mol. The molecular weight excluding hydrogens is 466 g/mol. The zero-order chi connectivity index (χ0) is 21.2. The topological polar surface area (TPSA) is 30.7 Å². The molecule has 31 heavy (non-hydrogen) atoms. The predicted molar refractivity (Wildman–Crippen MR) is 133 cm³/mol. The fraction of sp³-hybridized carbons (Fsp3) is 0.0769. The summed E-state index contributed by atoms with van der Waals surface area (Å²) in [5, 5.41) is 2.36. The summed E-state index contributed by atoms with van der Waals surface area (Å²) in [6.45, 7) is 2.22. The minimum atomic E-state index is 0.277. The maximum Gasteiger partial charge on any atom is 0.149 e. The van der Waals surface area contributed by atoms with Gasteiger partial charge in [-0.2, -0.15) is 0 Å². The molecule has 0 N–H and O–H groups in total. The van der Waals surface area contributed by atoms with Gasteiger partial charge in [-0.25, -0.2) is 9.97 Å². The van der Waals surface area contributed by atoms with Gasteiger partial charge in [-0.3, -0.25) is 0 Å². The second-order valence-corrected chi connectivity index (χ2v) is 9.55. The first-order valence-corrected chi connectivity index (χ1v) is 11.8. The molecule has 0 aliphatic rings. The molecule has 0 saturated carbocycles. The maximum atomic E-state index is 4.71. The molecule has 0 fully saturated rings. The highest BCUT2D eigenvalue weighted by atomic mass is 79.9. The van der Waals surface area contributed by atoms with Crippen molar-refractivity contribution < 1.29 is 0 Å². The van der Waals surface area contributed by atoms with Crippen LogP contribution < -0.4 is 0 Å². The molecule has 5 rings (SSSR count). The molecule has 0 radical (unpaired) electrons. The van der Waals surface area contributed by atoms with Crippen molar-refractivity contribution in [3.8, 4) is 16.8 Å². The molecule has 2 heterocycles. The summed E-state index contributed by atoms with van der Waals surface area (Å²) in [5.41, 5.74) is 5.57. The van der Waals surface area contributed by atoms with Gasteiger partial charge in [-0.05, 0) is 42.3 Å². The third-order valence-electron chi connectivity index (χ3n) is 5.30. The SMILES string of the molecule is C[C@@H](Sc1ncnc2c1c(-c1ccccc1)cn2-c1ccc(Br)cc1)c1ccccc1. The molecular formula is C26H20BrN3S. The molecule has 2 aromatic heterocycles. The van der Waals surface area contributed by atoms with Crippen LogP contribution in [0.15, 0.2) is 107 Å². The molecule has 152 valence electrons. The predicted octanol–water partition coefficient (Wildman–Crippen LogP) is 7.70. The summed E-state index contributed by atoms with van der Waals surface area (Å²) >= 11 is 5.31. The number of fused-ring (bicyclic) bond motifs is 1. The summed E-state index contributed by atoms with van der Waals surface area (Å²) in [7, 11) is 0. The van der Waals surface area contributed by atoms with Gasteiger partial charge in [0.15, 0.2) is 0 Å². The van der Waals surface area contributed by atoms with Crippen molar-refractivity contribution in [3.63, 3.8) is 0 Å².